The molecule has 1 aliphatic heterocycles. The van der Waals surface area contributed by atoms with Crippen LogP contribution in [0.5, 0.6) is 0 Å². The number of carbonyl (C=O) groups excluding carboxylic acids is 1. The molecule has 2 aromatic carbocycles. The second-order valence-corrected chi connectivity index (χ2v) is 7.62. The number of rotatable bonds is 6. The van der Waals surface area contributed by atoms with Crippen LogP contribution in [0.25, 0.3) is 0 Å². The molecule has 3 heteroatoms. The van der Waals surface area contributed by atoms with E-state index in [9.17, 15) is 4.79 Å². The molecule has 1 heterocycles. The number of nitrogens with zero attached hydrogens (tertiary/aromatic N) is 1. The molecule has 1 fully saturated rings. The van der Waals surface area contributed by atoms with Gasteiger partial charge in [-0.15, -0.1) is 0 Å². The summed E-state index contributed by atoms with van der Waals surface area (Å²) in [5.41, 5.74) is 7.24. The molecular formula is C23H30N2O. The topological polar surface area (TPSA) is 46.3 Å². The van der Waals surface area contributed by atoms with E-state index in [1.54, 1.807) is 0 Å². The Balaban J connectivity index is 1.99. The highest BCUT2D eigenvalue weighted by atomic mass is 16.1. The van der Waals surface area contributed by atoms with Gasteiger partial charge >= 0.3 is 0 Å². The minimum atomic E-state index is -0.792. The van der Waals surface area contributed by atoms with E-state index in [0.717, 1.165) is 17.7 Å². The quantitative estimate of drug-likeness (QED) is 0.852. The predicted molar refractivity (Wildman–Crippen MR) is 107 cm³/mol. The van der Waals surface area contributed by atoms with Crippen molar-refractivity contribution in [3.8, 4) is 0 Å². The SMILES string of the molecule is CC1CCCC(C)N1CCC(C(N)=O)(c1ccccc1)c1ccccc1. The van der Waals surface area contributed by atoms with E-state index < -0.39 is 5.41 Å². The van der Waals surface area contributed by atoms with Crippen LogP contribution in [0.4, 0.5) is 0 Å². The molecular weight excluding hydrogens is 320 g/mol. The number of piperidine rings is 1. The molecule has 2 N–H and O–H groups in total. The molecule has 0 bridgehead atoms. The van der Waals surface area contributed by atoms with Crippen molar-refractivity contribution in [2.75, 3.05) is 6.54 Å². The van der Waals surface area contributed by atoms with Crippen molar-refractivity contribution in [3.05, 3.63) is 71.8 Å². The van der Waals surface area contributed by atoms with Crippen molar-refractivity contribution in [3.63, 3.8) is 0 Å². The molecule has 0 aliphatic carbocycles. The minimum absolute atomic E-state index is 0.271. The fourth-order valence-corrected chi connectivity index (χ4v) is 4.52. The smallest absolute Gasteiger partial charge is 0.232 e. The van der Waals surface area contributed by atoms with Gasteiger partial charge in [-0.3, -0.25) is 9.69 Å². The van der Waals surface area contributed by atoms with E-state index in [-0.39, 0.29) is 5.91 Å². The first-order chi connectivity index (χ1) is 12.6. The molecule has 2 unspecified atom stereocenters. The Bertz CT molecular complexity index is 664. The lowest BCUT2D eigenvalue weighted by Crippen LogP contribution is -2.49. The lowest BCUT2D eigenvalue weighted by Gasteiger charge is -2.41. The molecule has 138 valence electrons. The van der Waals surface area contributed by atoms with E-state index in [1.807, 2.05) is 60.7 Å². The van der Waals surface area contributed by atoms with Crippen molar-refractivity contribution in [1.82, 2.24) is 4.90 Å². The molecule has 26 heavy (non-hydrogen) atoms. The predicted octanol–water partition coefficient (Wildman–Crippen LogP) is 4.11. The number of benzene rings is 2. The molecule has 2 aromatic rings. The molecule has 3 nitrogen and oxygen atoms in total. The number of primary amides is 1. The normalized spacial score (nSPS) is 21.5. The van der Waals surface area contributed by atoms with E-state index >= 15 is 0 Å². The van der Waals surface area contributed by atoms with Gasteiger partial charge in [-0.2, -0.15) is 0 Å². The maximum absolute atomic E-state index is 12.9. The third-order valence-electron chi connectivity index (χ3n) is 6.07. The van der Waals surface area contributed by atoms with Crippen molar-refractivity contribution in [1.29, 1.82) is 0 Å². The van der Waals surface area contributed by atoms with Crippen LogP contribution in [0.15, 0.2) is 60.7 Å². The standard InChI is InChI=1S/C23H30N2O/c1-18-10-9-11-19(2)25(18)17-16-23(22(24)26,20-12-5-3-6-13-20)21-14-7-4-8-15-21/h3-8,12-15,18-19H,9-11,16-17H2,1-2H3,(H2,24,26). The summed E-state index contributed by atoms with van der Waals surface area (Å²) < 4.78 is 0. The fourth-order valence-electron chi connectivity index (χ4n) is 4.52. The van der Waals surface area contributed by atoms with Gasteiger partial charge in [0, 0.05) is 18.6 Å². The van der Waals surface area contributed by atoms with Crippen molar-refractivity contribution >= 4 is 5.91 Å². The second kappa shape index (κ2) is 8.05. The molecule has 3 rings (SSSR count). The van der Waals surface area contributed by atoms with Gasteiger partial charge in [0.1, 0.15) is 0 Å². The summed E-state index contributed by atoms with van der Waals surface area (Å²) in [6.07, 6.45) is 4.44. The van der Waals surface area contributed by atoms with Crippen LogP contribution in [0.3, 0.4) is 0 Å². The first-order valence-corrected chi connectivity index (χ1v) is 9.72. The van der Waals surface area contributed by atoms with E-state index in [4.69, 9.17) is 5.73 Å². The van der Waals surface area contributed by atoms with Crippen LogP contribution in [-0.4, -0.2) is 29.4 Å². The Kier molecular flexibility index (Phi) is 5.77. The summed E-state index contributed by atoms with van der Waals surface area (Å²) in [6, 6.07) is 21.1. The van der Waals surface area contributed by atoms with E-state index in [1.165, 1.54) is 19.3 Å². The minimum Gasteiger partial charge on any atom is -0.369 e. The number of hydrogen-bond donors (Lipinski definition) is 1. The average Bonchev–Trinajstić information content (AvgIpc) is 2.66. The number of carbonyl (C=O) groups is 1. The summed E-state index contributed by atoms with van der Waals surface area (Å²) in [5, 5.41) is 0. The summed E-state index contributed by atoms with van der Waals surface area (Å²) in [4.78, 5) is 15.4. The zero-order chi connectivity index (χ0) is 18.6. The number of hydrogen-bond acceptors (Lipinski definition) is 2. The van der Waals surface area contributed by atoms with E-state index in [2.05, 4.69) is 18.7 Å². The Morgan fingerprint density at radius 1 is 0.962 bits per heavy atom. The van der Waals surface area contributed by atoms with Gasteiger partial charge in [-0.1, -0.05) is 67.1 Å². The first kappa shape index (κ1) is 18.7. The molecule has 0 saturated carbocycles. The lowest BCUT2D eigenvalue weighted by atomic mass is 9.71. The summed E-state index contributed by atoms with van der Waals surface area (Å²) in [5.74, 6) is -0.271. The number of amides is 1. The van der Waals surface area contributed by atoms with Crippen LogP contribution >= 0.6 is 0 Å². The third-order valence-corrected chi connectivity index (χ3v) is 6.07. The highest BCUT2D eigenvalue weighted by Crippen LogP contribution is 2.37. The fraction of sp³-hybridized carbons (Fsp3) is 0.435. The Morgan fingerprint density at radius 3 is 1.85 bits per heavy atom. The summed E-state index contributed by atoms with van der Waals surface area (Å²) in [7, 11) is 0. The first-order valence-electron chi connectivity index (χ1n) is 9.72. The molecule has 2 atom stereocenters. The second-order valence-electron chi connectivity index (χ2n) is 7.62. The zero-order valence-corrected chi connectivity index (χ0v) is 15.9. The van der Waals surface area contributed by atoms with Gasteiger partial charge in [-0.25, -0.2) is 0 Å². The molecule has 0 aromatic heterocycles. The maximum atomic E-state index is 12.9. The Morgan fingerprint density at radius 2 is 1.42 bits per heavy atom. The van der Waals surface area contributed by atoms with Gasteiger partial charge in [0.05, 0.1) is 5.41 Å². The molecule has 0 spiro atoms. The average molecular weight is 351 g/mol. The lowest BCUT2D eigenvalue weighted by molar-refractivity contribution is -0.122. The highest BCUT2D eigenvalue weighted by molar-refractivity contribution is 5.90. The molecule has 1 aliphatic rings. The van der Waals surface area contributed by atoms with Crippen molar-refractivity contribution in [2.45, 2.75) is 57.0 Å². The van der Waals surface area contributed by atoms with Gasteiger partial charge < -0.3 is 5.73 Å². The van der Waals surface area contributed by atoms with Crippen molar-refractivity contribution < 1.29 is 4.79 Å². The maximum Gasteiger partial charge on any atom is 0.232 e. The highest BCUT2D eigenvalue weighted by Gasteiger charge is 2.41. The summed E-state index contributed by atoms with van der Waals surface area (Å²) >= 11 is 0. The Hall–Kier alpha value is -2.13. The van der Waals surface area contributed by atoms with Crippen LogP contribution in [0.2, 0.25) is 0 Å². The van der Waals surface area contributed by atoms with Gasteiger partial charge in [-0.05, 0) is 44.2 Å². The van der Waals surface area contributed by atoms with Gasteiger partial charge in [0.15, 0.2) is 0 Å². The molecule has 0 radical (unpaired) electrons. The Labute approximate surface area is 157 Å². The van der Waals surface area contributed by atoms with E-state index in [0.29, 0.717) is 18.5 Å². The monoisotopic (exact) mass is 350 g/mol. The molecule has 1 amide bonds. The zero-order valence-electron chi connectivity index (χ0n) is 15.9. The van der Waals surface area contributed by atoms with Gasteiger partial charge in [0.25, 0.3) is 0 Å². The number of likely N-dealkylation sites (tertiary alicyclic amines) is 1. The van der Waals surface area contributed by atoms with Gasteiger partial charge in [0.2, 0.25) is 5.91 Å². The summed E-state index contributed by atoms with van der Waals surface area (Å²) in [6.45, 7) is 5.47. The van der Waals surface area contributed by atoms with Crippen LogP contribution in [0, 0.1) is 0 Å². The number of nitrogens with two attached hydrogens (primary N) is 1. The molecule has 1 saturated heterocycles. The van der Waals surface area contributed by atoms with Crippen LogP contribution in [0.1, 0.15) is 50.7 Å². The van der Waals surface area contributed by atoms with Crippen LogP contribution in [-0.2, 0) is 10.2 Å². The third kappa shape index (κ3) is 3.54. The van der Waals surface area contributed by atoms with Crippen molar-refractivity contribution in [2.24, 2.45) is 5.73 Å². The van der Waals surface area contributed by atoms with Crippen LogP contribution < -0.4 is 5.73 Å². The largest absolute Gasteiger partial charge is 0.369 e.